The van der Waals surface area contributed by atoms with Crippen molar-refractivity contribution in [3.05, 3.63) is 53.4 Å². The van der Waals surface area contributed by atoms with Crippen LogP contribution >= 0.6 is 23.1 Å². The average Bonchev–Trinajstić information content (AvgIpc) is 3.27. The van der Waals surface area contributed by atoms with Crippen LogP contribution in [0.15, 0.2) is 47.1 Å². The number of benzene rings is 1. The lowest BCUT2D eigenvalue weighted by Crippen LogP contribution is -2.35. The van der Waals surface area contributed by atoms with E-state index in [9.17, 15) is 9.59 Å². The van der Waals surface area contributed by atoms with E-state index >= 15 is 0 Å². The van der Waals surface area contributed by atoms with Crippen molar-refractivity contribution in [1.82, 2.24) is 15.6 Å². The molecule has 0 unspecified atom stereocenters. The van der Waals surface area contributed by atoms with Gasteiger partial charge < -0.3 is 15.1 Å². The van der Waals surface area contributed by atoms with E-state index < -0.39 is 0 Å². The minimum atomic E-state index is -0.288. The molecule has 0 fully saturated rings. The largest absolute Gasteiger partial charge is 0.459 e. The van der Waals surface area contributed by atoms with Crippen LogP contribution in [0.3, 0.4) is 0 Å². The number of hydrogen-bond donors (Lipinski definition) is 2. The van der Waals surface area contributed by atoms with E-state index in [2.05, 4.69) is 15.6 Å². The zero-order valence-corrected chi connectivity index (χ0v) is 15.0. The van der Waals surface area contributed by atoms with E-state index in [-0.39, 0.29) is 17.6 Å². The molecule has 0 saturated carbocycles. The monoisotopic (exact) mass is 375 g/mol. The van der Waals surface area contributed by atoms with Crippen LogP contribution in [-0.2, 0) is 10.5 Å². The number of nitrogens with one attached hydrogen (secondary N) is 2. The fourth-order valence-electron chi connectivity index (χ4n) is 2.14. The Morgan fingerprint density at radius 3 is 2.76 bits per heavy atom. The fraction of sp³-hybridized carbons (Fsp3) is 0.235. The van der Waals surface area contributed by atoms with Gasteiger partial charge in [0.25, 0.3) is 5.91 Å². The minimum Gasteiger partial charge on any atom is -0.459 e. The molecule has 0 atom stereocenters. The fourth-order valence-corrected chi connectivity index (χ4v) is 4.01. The van der Waals surface area contributed by atoms with Crippen molar-refractivity contribution < 1.29 is 14.0 Å². The number of carbonyl (C=O) groups excluding carboxylic acids is 2. The van der Waals surface area contributed by atoms with Gasteiger partial charge in [-0.3, -0.25) is 9.59 Å². The third-order valence-corrected chi connectivity index (χ3v) is 5.44. The quantitative estimate of drug-likeness (QED) is 0.592. The number of thioether (sulfide) groups is 1. The summed E-state index contributed by atoms with van der Waals surface area (Å²) in [4.78, 5) is 28.0. The van der Waals surface area contributed by atoms with Gasteiger partial charge >= 0.3 is 0 Å². The summed E-state index contributed by atoms with van der Waals surface area (Å²) in [6, 6.07) is 11.2. The molecule has 1 aromatic carbocycles. The molecule has 3 rings (SSSR count). The molecule has 6 nitrogen and oxygen atoms in total. The first-order valence-electron chi connectivity index (χ1n) is 7.73. The number of nitrogens with zero attached hydrogens (tertiary/aromatic N) is 1. The number of furan rings is 1. The maximum Gasteiger partial charge on any atom is 0.287 e. The second-order valence-electron chi connectivity index (χ2n) is 5.15. The molecule has 8 heteroatoms. The van der Waals surface area contributed by atoms with E-state index in [0.29, 0.717) is 24.6 Å². The summed E-state index contributed by atoms with van der Waals surface area (Å²) in [5.41, 5.74) is 1.000. The van der Waals surface area contributed by atoms with Gasteiger partial charge in [-0.05, 0) is 24.3 Å². The van der Waals surface area contributed by atoms with Crippen LogP contribution in [0.4, 0.5) is 0 Å². The van der Waals surface area contributed by atoms with Crippen molar-refractivity contribution in [3.63, 3.8) is 0 Å². The molecule has 2 N–H and O–H groups in total. The van der Waals surface area contributed by atoms with Crippen LogP contribution in [0.2, 0.25) is 0 Å². The standard InChI is InChI=1S/C17H17N3O3S2/c21-15(18-7-8-19-17(22)13-5-3-9-23-13)10-24-11-16-20-12-4-1-2-6-14(12)25-16/h1-6,9H,7-8,10-11H2,(H,18,21)(H,19,22). The Balaban J connectivity index is 1.31. The summed E-state index contributed by atoms with van der Waals surface area (Å²) in [5.74, 6) is 0.991. The Morgan fingerprint density at radius 1 is 1.12 bits per heavy atom. The normalized spacial score (nSPS) is 10.7. The number of para-hydroxylation sites is 1. The van der Waals surface area contributed by atoms with Crippen molar-refractivity contribution in [2.45, 2.75) is 5.75 Å². The number of hydrogen-bond acceptors (Lipinski definition) is 6. The predicted molar refractivity (Wildman–Crippen MR) is 99.8 cm³/mol. The predicted octanol–water partition coefficient (Wildman–Crippen LogP) is 2.67. The topological polar surface area (TPSA) is 84.2 Å². The van der Waals surface area contributed by atoms with Gasteiger partial charge in [-0.15, -0.1) is 23.1 Å². The maximum absolute atomic E-state index is 11.8. The van der Waals surface area contributed by atoms with E-state index in [0.717, 1.165) is 15.2 Å². The first kappa shape index (κ1) is 17.5. The molecule has 2 heterocycles. The molecular formula is C17H17N3O3S2. The van der Waals surface area contributed by atoms with Gasteiger partial charge in [-0.25, -0.2) is 4.98 Å². The third kappa shape index (κ3) is 5.07. The lowest BCUT2D eigenvalue weighted by atomic mass is 10.3. The number of rotatable bonds is 8. The lowest BCUT2D eigenvalue weighted by molar-refractivity contribution is -0.118. The smallest absolute Gasteiger partial charge is 0.287 e. The van der Waals surface area contributed by atoms with Gasteiger partial charge in [-0.2, -0.15) is 0 Å². The lowest BCUT2D eigenvalue weighted by Gasteiger charge is -2.05. The van der Waals surface area contributed by atoms with Crippen LogP contribution in [0, 0.1) is 0 Å². The number of amides is 2. The SMILES string of the molecule is O=C(CSCc1nc2ccccc2s1)NCCNC(=O)c1ccco1. The maximum atomic E-state index is 11.8. The third-order valence-electron chi connectivity index (χ3n) is 3.27. The van der Waals surface area contributed by atoms with Crippen LogP contribution in [0.25, 0.3) is 10.2 Å². The Labute approximate surface area is 153 Å². The second kappa shape index (κ2) is 8.68. The van der Waals surface area contributed by atoms with E-state index in [1.54, 1.807) is 23.5 Å². The summed E-state index contributed by atoms with van der Waals surface area (Å²) in [7, 11) is 0. The Morgan fingerprint density at radius 2 is 1.96 bits per heavy atom. The van der Waals surface area contributed by atoms with Gasteiger partial charge in [0, 0.05) is 18.8 Å². The van der Waals surface area contributed by atoms with E-state index in [1.165, 1.54) is 18.0 Å². The highest BCUT2D eigenvalue weighted by molar-refractivity contribution is 7.99. The molecule has 0 bridgehead atoms. The van der Waals surface area contributed by atoms with Crippen LogP contribution in [-0.4, -0.2) is 35.6 Å². The first-order valence-corrected chi connectivity index (χ1v) is 9.70. The molecule has 3 aromatic rings. The molecule has 2 amide bonds. The molecule has 0 aliphatic heterocycles. The van der Waals surface area contributed by atoms with Crippen LogP contribution < -0.4 is 10.6 Å². The molecule has 0 saturated heterocycles. The van der Waals surface area contributed by atoms with Crippen molar-refractivity contribution >= 4 is 45.1 Å². The van der Waals surface area contributed by atoms with Gasteiger partial charge in [0.2, 0.25) is 5.91 Å². The molecule has 0 radical (unpaired) electrons. The number of carbonyl (C=O) groups is 2. The highest BCUT2D eigenvalue weighted by Crippen LogP contribution is 2.24. The van der Waals surface area contributed by atoms with Gasteiger partial charge in [-0.1, -0.05) is 12.1 Å². The molecule has 130 valence electrons. The molecule has 0 aliphatic rings. The molecular weight excluding hydrogens is 358 g/mol. The highest BCUT2D eigenvalue weighted by atomic mass is 32.2. The highest BCUT2D eigenvalue weighted by Gasteiger charge is 2.08. The Bertz CT molecular complexity index is 813. The zero-order chi connectivity index (χ0) is 17.5. The summed E-state index contributed by atoms with van der Waals surface area (Å²) in [6.45, 7) is 0.737. The molecule has 0 aliphatic carbocycles. The van der Waals surface area contributed by atoms with Gasteiger partial charge in [0.1, 0.15) is 5.01 Å². The summed E-state index contributed by atoms with van der Waals surface area (Å²) in [5, 5.41) is 6.47. The van der Waals surface area contributed by atoms with Gasteiger partial charge in [0.05, 0.1) is 22.2 Å². The Kier molecular flexibility index (Phi) is 6.08. The Hall–Kier alpha value is -2.32. The van der Waals surface area contributed by atoms with Crippen LogP contribution in [0.5, 0.6) is 0 Å². The zero-order valence-electron chi connectivity index (χ0n) is 13.4. The van der Waals surface area contributed by atoms with Crippen molar-refractivity contribution in [3.8, 4) is 0 Å². The van der Waals surface area contributed by atoms with Crippen molar-refractivity contribution in [2.24, 2.45) is 0 Å². The number of fused-ring (bicyclic) bond motifs is 1. The van der Waals surface area contributed by atoms with Gasteiger partial charge in [0.15, 0.2) is 5.76 Å². The minimum absolute atomic E-state index is 0.0571. The second-order valence-corrected chi connectivity index (χ2v) is 7.25. The number of aromatic nitrogens is 1. The summed E-state index contributed by atoms with van der Waals surface area (Å²) < 4.78 is 6.14. The van der Waals surface area contributed by atoms with E-state index in [4.69, 9.17) is 4.42 Å². The average molecular weight is 375 g/mol. The van der Waals surface area contributed by atoms with Crippen molar-refractivity contribution in [1.29, 1.82) is 0 Å². The summed E-state index contributed by atoms with van der Waals surface area (Å²) in [6.07, 6.45) is 1.44. The molecule has 2 aromatic heterocycles. The van der Waals surface area contributed by atoms with E-state index in [1.807, 2.05) is 24.3 Å². The summed E-state index contributed by atoms with van der Waals surface area (Å²) >= 11 is 3.18. The van der Waals surface area contributed by atoms with Crippen molar-refractivity contribution in [2.75, 3.05) is 18.8 Å². The van der Waals surface area contributed by atoms with Crippen LogP contribution in [0.1, 0.15) is 15.6 Å². The first-order chi connectivity index (χ1) is 12.2. The molecule has 0 spiro atoms. The molecule has 25 heavy (non-hydrogen) atoms. The number of thiazole rings is 1.